The predicted molar refractivity (Wildman–Crippen MR) is 130 cm³/mol. The van der Waals surface area contributed by atoms with Gasteiger partial charge in [0.25, 0.3) is 0 Å². The molecule has 0 radical (unpaired) electrons. The van der Waals surface area contributed by atoms with Crippen LogP contribution in [-0.2, 0) is 0 Å². The maximum atomic E-state index is 5.41. The summed E-state index contributed by atoms with van der Waals surface area (Å²) in [4.78, 5) is 9.24. The van der Waals surface area contributed by atoms with E-state index in [1.54, 1.807) is 14.2 Å². The Hall–Kier alpha value is -1.42. The number of benzene rings is 1. The number of likely N-dealkylation sites (N-methyl/N-ethyl adjacent to an activating group) is 1. The summed E-state index contributed by atoms with van der Waals surface area (Å²) >= 11 is 0. The van der Waals surface area contributed by atoms with Crippen LogP contribution in [0.2, 0.25) is 0 Å². The third kappa shape index (κ3) is 6.53. The second kappa shape index (κ2) is 11.1. The molecule has 1 aromatic carbocycles. The Kier molecular flexibility index (Phi) is 9.13. The molecule has 2 atom stereocenters. The summed E-state index contributed by atoms with van der Waals surface area (Å²) in [6.45, 7) is 5.09. The molecule has 0 spiro atoms. The van der Waals surface area contributed by atoms with E-state index in [2.05, 4.69) is 51.5 Å². The van der Waals surface area contributed by atoms with Crippen molar-refractivity contribution in [2.75, 3.05) is 52.8 Å². The standard InChI is InChI=1S/C21H35N5O2.HI/c1-15(25(3)17-6-7-17)13-23-21(22-2)24-16-8-9-26(14-16)18-10-19(27-4)12-20(11-18)28-5;/h10-12,15-17H,6-9,13-14H2,1-5H3,(H2,22,23,24);1H. The van der Waals surface area contributed by atoms with Crippen LogP contribution >= 0.6 is 24.0 Å². The van der Waals surface area contributed by atoms with Gasteiger partial charge in [-0.15, -0.1) is 24.0 Å². The third-order valence-corrected chi connectivity index (χ3v) is 5.84. The first-order chi connectivity index (χ1) is 13.5. The zero-order chi connectivity index (χ0) is 20.1. The maximum Gasteiger partial charge on any atom is 0.191 e. The molecule has 164 valence electrons. The molecule has 1 heterocycles. The third-order valence-electron chi connectivity index (χ3n) is 5.84. The molecule has 8 heteroatoms. The van der Waals surface area contributed by atoms with Gasteiger partial charge in [0.2, 0.25) is 0 Å². The molecular formula is C21H36IN5O2. The Labute approximate surface area is 192 Å². The Morgan fingerprint density at radius 1 is 1.21 bits per heavy atom. The number of nitrogens with one attached hydrogen (secondary N) is 2. The van der Waals surface area contributed by atoms with E-state index < -0.39 is 0 Å². The molecule has 0 amide bonds. The molecule has 0 aromatic heterocycles. The molecule has 2 fully saturated rings. The van der Waals surface area contributed by atoms with Crippen molar-refractivity contribution in [1.82, 2.24) is 15.5 Å². The van der Waals surface area contributed by atoms with E-state index in [1.165, 1.54) is 12.8 Å². The van der Waals surface area contributed by atoms with Gasteiger partial charge in [0.15, 0.2) is 5.96 Å². The van der Waals surface area contributed by atoms with E-state index in [-0.39, 0.29) is 24.0 Å². The van der Waals surface area contributed by atoms with Crippen molar-refractivity contribution in [3.8, 4) is 11.5 Å². The zero-order valence-electron chi connectivity index (χ0n) is 18.3. The molecule has 2 N–H and O–H groups in total. The molecular weight excluding hydrogens is 481 g/mol. The molecule has 2 aliphatic rings. The zero-order valence-corrected chi connectivity index (χ0v) is 20.6. The van der Waals surface area contributed by atoms with Gasteiger partial charge in [0.1, 0.15) is 11.5 Å². The number of hydrogen-bond donors (Lipinski definition) is 2. The van der Waals surface area contributed by atoms with Crippen LogP contribution in [-0.4, -0.2) is 76.9 Å². The van der Waals surface area contributed by atoms with E-state index >= 15 is 0 Å². The fraction of sp³-hybridized carbons (Fsp3) is 0.667. The number of nitrogens with zero attached hydrogens (tertiary/aromatic N) is 3. The first-order valence-corrected chi connectivity index (χ1v) is 10.2. The molecule has 1 aliphatic carbocycles. The molecule has 7 nitrogen and oxygen atoms in total. The van der Waals surface area contributed by atoms with Gasteiger partial charge in [0.05, 0.1) is 14.2 Å². The smallest absolute Gasteiger partial charge is 0.191 e. The van der Waals surface area contributed by atoms with Crippen molar-refractivity contribution >= 4 is 35.6 Å². The van der Waals surface area contributed by atoms with Crippen molar-refractivity contribution in [2.24, 2.45) is 4.99 Å². The quantitative estimate of drug-likeness (QED) is 0.314. The normalized spacial score (nSPS) is 20.3. The monoisotopic (exact) mass is 517 g/mol. The van der Waals surface area contributed by atoms with Gasteiger partial charge < -0.3 is 25.0 Å². The molecule has 1 saturated carbocycles. The van der Waals surface area contributed by atoms with Crippen LogP contribution < -0.4 is 25.0 Å². The summed E-state index contributed by atoms with van der Waals surface area (Å²) in [6.07, 6.45) is 3.74. The highest BCUT2D eigenvalue weighted by atomic mass is 127. The maximum absolute atomic E-state index is 5.41. The van der Waals surface area contributed by atoms with Gasteiger partial charge in [0, 0.05) is 68.7 Å². The number of methoxy groups -OCH3 is 2. The molecule has 1 saturated heterocycles. The number of ether oxygens (including phenoxy) is 2. The SMILES string of the molecule is CN=C(NCC(C)N(C)C1CC1)NC1CCN(c2cc(OC)cc(OC)c2)C1.I. The van der Waals surface area contributed by atoms with Crippen LogP contribution in [0.4, 0.5) is 5.69 Å². The van der Waals surface area contributed by atoms with Crippen molar-refractivity contribution in [1.29, 1.82) is 0 Å². The lowest BCUT2D eigenvalue weighted by atomic mass is 10.2. The number of hydrogen-bond acceptors (Lipinski definition) is 5. The van der Waals surface area contributed by atoms with Crippen LogP contribution in [0.15, 0.2) is 23.2 Å². The molecule has 1 aromatic rings. The fourth-order valence-corrected chi connectivity index (χ4v) is 3.71. The molecule has 2 unspecified atom stereocenters. The lowest BCUT2D eigenvalue weighted by Gasteiger charge is -2.26. The van der Waals surface area contributed by atoms with E-state index in [1.807, 2.05) is 13.1 Å². The molecule has 29 heavy (non-hydrogen) atoms. The minimum atomic E-state index is 0. The van der Waals surface area contributed by atoms with Gasteiger partial charge in [-0.25, -0.2) is 0 Å². The summed E-state index contributed by atoms with van der Waals surface area (Å²) in [5.74, 6) is 2.51. The molecule has 1 aliphatic heterocycles. The second-order valence-electron chi connectivity index (χ2n) is 7.85. The van der Waals surface area contributed by atoms with E-state index in [4.69, 9.17) is 9.47 Å². The first-order valence-electron chi connectivity index (χ1n) is 10.2. The van der Waals surface area contributed by atoms with Crippen LogP contribution in [0.25, 0.3) is 0 Å². The highest BCUT2D eigenvalue weighted by Crippen LogP contribution is 2.30. The average Bonchev–Trinajstić information content (AvgIpc) is 3.47. The molecule has 3 rings (SSSR count). The van der Waals surface area contributed by atoms with Crippen molar-refractivity contribution in [3.05, 3.63) is 18.2 Å². The van der Waals surface area contributed by atoms with Crippen molar-refractivity contribution in [2.45, 2.75) is 44.3 Å². The topological polar surface area (TPSA) is 61.4 Å². The second-order valence-corrected chi connectivity index (χ2v) is 7.85. The largest absolute Gasteiger partial charge is 0.497 e. The van der Waals surface area contributed by atoms with Crippen LogP contribution in [0.5, 0.6) is 11.5 Å². The summed E-state index contributed by atoms with van der Waals surface area (Å²) < 4.78 is 10.8. The van der Waals surface area contributed by atoms with Gasteiger partial charge in [-0.1, -0.05) is 0 Å². The number of halogens is 1. The number of rotatable bonds is 8. The lowest BCUT2D eigenvalue weighted by Crippen LogP contribution is -2.48. The van der Waals surface area contributed by atoms with Crippen molar-refractivity contribution < 1.29 is 9.47 Å². The summed E-state index contributed by atoms with van der Waals surface area (Å²) in [5, 5.41) is 7.07. The van der Waals surface area contributed by atoms with Gasteiger partial charge >= 0.3 is 0 Å². The van der Waals surface area contributed by atoms with E-state index in [0.717, 1.165) is 55.2 Å². The van der Waals surface area contributed by atoms with Crippen LogP contribution in [0, 0.1) is 0 Å². The number of guanidine groups is 1. The minimum absolute atomic E-state index is 0. The van der Waals surface area contributed by atoms with Gasteiger partial charge in [-0.05, 0) is 33.2 Å². The summed E-state index contributed by atoms with van der Waals surface area (Å²) in [7, 11) is 7.43. The minimum Gasteiger partial charge on any atom is -0.497 e. The van der Waals surface area contributed by atoms with Gasteiger partial charge in [-0.2, -0.15) is 0 Å². The Bertz CT molecular complexity index is 661. The average molecular weight is 517 g/mol. The van der Waals surface area contributed by atoms with E-state index in [0.29, 0.717) is 12.1 Å². The van der Waals surface area contributed by atoms with E-state index in [9.17, 15) is 0 Å². The molecule has 0 bridgehead atoms. The fourth-order valence-electron chi connectivity index (χ4n) is 3.71. The summed E-state index contributed by atoms with van der Waals surface area (Å²) in [6, 6.07) is 7.66. The van der Waals surface area contributed by atoms with Crippen molar-refractivity contribution in [3.63, 3.8) is 0 Å². The highest BCUT2D eigenvalue weighted by molar-refractivity contribution is 14.0. The Balaban J connectivity index is 0.00000300. The predicted octanol–water partition coefficient (Wildman–Crippen LogP) is 2.55. The van der Waals surface area contributed by atoms with Crippen LogP contribution in [0.1, 0.15) is 26.2 Å². The van der Waals surface area contributed by atoms with Crippen LogP contribution in [0.3, 0.4) is 0 Å². The number of aliphatic imine (C=N–C) groups is 1. The highest BCUT2D eigenvalue weighted by Gasteiger charge is 2.29. The Morgan fingerprint density at radius 2 is 1.86 bits per heavy atom. The van der Waals surface area contributed by atoms with Gasteiger partial charge in [-0.3, -0.25) is 9.89 Å². The first kappa shape index (κ1) is 23.9. The Morgan fingerprint density at radius 3 is 2.41 bits per heavy atom. The lowest BCUT2D eigenvalue weighted by molar-refractivity contribution is 0.247. The number of anilines is 1. The summed E-state index contributed by atoms with van der Waals surface area (Å²) in [5.41, 5.74) is 1.13.